The third kappa shape index (κ3) is 5.15. The Hall–Kier alpha value is -2.77. The lowest BCUT2D eigenvalue weighted by molar-refractivity contribution is 0.0475. The summed E-state index contributed by atoms with van der Waals surface area (Å²) in [5.74, 6) is 6.64. The number of ether oxygens (including phenoxy) is 2. The Morgan fingerprint density at radius 2 is 1.86 bits per heavy atom. The molecule has 1 aliphatic heterocycles. The highest BCUT2D eigenvalue weighted by Crippen LogP contribution is 2.35. The fourth-order valence-corrected chi connectivity index (χ4v) is 3.27. The molecule has 1 aliphatic rings. The third-order valence-electron chi connectivity index (χ3n) is 4.90. The minimum atomic E-state index is -0.936. The van der Waals surface area contributed by atoms with Crippen LogP contribution in [0.1, 0.15) is 66.1 Å². The van der Waals surface area contributed by atoms with Gasteiger partial charge in [0.05, 0.1) is 12.2 Å². The summed E-state index contributed by atoms with van der Waals surface area (Å²) in [5, 5.41) is 8.97. The Balaban J connectivity index is 1.77. The molecule has 2 aromatic carbocycles. The van der Waals surface area contributed by atoms with E-state index in [-0.39, 0.29) is 11.7 Å². The van der Waals surface area contributed by atoms with Crippen LogP contribution in [0.2, 0.25) is 0 Å². The molecule has 28 heavy (non-hydrogen) atoms. The van der Waals surface area contributed by atoms with E-state index >= 15 is 0 Å². The van der Waals surface area contributed by atoms with Crippen LogP contribution in [0.4, 0.5) is 0 Å². The molecule has 0 amide bonds. The van der Waals surface area contributed by atoms with Crippen LogP contribution >= 0.6 is 0 Å². The van der Waals surface area contributed by atoms with Crippen molar-refractivity contribution in [2.24, 2.45) is 0 Å². The third-order valence-corrected chi connectivity index (χ3v) is 4.90. The summed E-state index contributed by atoms with van der Waals surface area (Å²) in [6, 6.07) is 12.7. The number of rotatable bonds is 5. The number of benzene rings is 2. The maximum absolute atomic E-state index is 10.9. The molecule has 0 fully saturated rings. The van der Waals surface area contributed by atoms with E-state index in [1.807, 2.05) is 12.1 Å². The van der Waals surface area contributed by atoms with Gasteiger partial charge in [0.25, 0.3) is 0 Å². The summed E-state index contributed by atoms with van der Waals surface area (Å²) in [6.45, 7) is 5.71. The molecule has 0 saturated heterocycles. The average Bonchev–Trinajstić information content (AvgIpc) is 2.85. The minimum absolute atomic E-state index is 0.0713. The van der Waals surface area contributed by atoms with Crippen molar-refractivity contribution in [3.05, 3.63) is 64.7 Å². The molecule has 0 spiro atoms. The van der Waals surface area contributed by atoms with Gasteiger partial charge in [0.1, 0.15) is 11.9 Å². The van der Waals surface area contributed by atoms with Gasteiger partial charge < -0.3 is 14.6 Å². The lowest BCUT2D eigenvalue weighted by Crippen LogP contribution is -2.22. The van der Waals surface area contributed by atoms with Crippen molar-refractivity contribution >= 4 is 5.97 Å². The summed E-state index contributed by atoms with van der Waals surface area (Å²) < 4.78 is 11.9. The van der Waals surface area contributed by atoms with Crippen LogP contribution in [0.5, 0.6) is 5.75 Å². The van der Waals surface area contributed by atoms with Gasteiger partial charge in [-0.15, -0.1) is 0 Å². The quantitative estimate of drug-likeness (QED) is 0.596. The number of hydrogen-bond acceptors (Lipinski definition) is 3. The second-order valence-electron chi connectivity index (χ2n) is 7.18. The lowest BCUT2D eigenvalue weighted by atomic mass is 9.94. The molecule has 1 N–H and O–H groups in total. The number of carboxylic acid groups (broad SMARTS) is 1. The SMILES string of the molecule is CCCOCC1CCC(C)c2ccc(C#Cc3ccc(C(=O)O)cc3)cc2O1. The summed E-state index contributed by atoms with van der Waals surface area (Å²) in [4.78, 5) is 10.9. The van der Waals surface area contributed by atoms with Crippen molar-refractivity contribution < 1.29 is 19.4 Å². The Morgan fingerprint density at radius 1 is 1.14 bits per heavy atom. The predicted molar refractivity (Wildman–Crippen MR) is 109 cm³/mol. The Kier molecular flexibility index (Phi) is 6.73. The van der Waals surface area contributed by atoms with E-state index < -0.39 is 5.97 Å². The first kappa shape index (κ1) is 20.0. The van der Waals surface area contributed by atoms with E-state index in [4.69, 9.17) is 14.6 Å². The second kappa shape index (κ2) is 9.43. The monoisotopic (exact) mass is 378 g/mol. The number of fused-ring (bicyclic) bond motifs is 1. The molecular weight excluding hydrogens is 352 g/mol. The summed E-state index contributed by atoms with van der Waals surface area (Å²) in [5.41, 5.74) is 3.13. The molecule has 0 bridgehead atoms. The standard InChI is InChI=1S/C24H26O4/c1-3-14-27-16-21-12-4-17(2)22-13-9-19(15-23(22)28-21)6-5-18-7-10-20(11-8-18)24(25)26/h7-11,13,15,17,21H,3-4,12,14,16H2,1-2H3,(H,25,26). The number of carbonyl (C=O) groups is 1. The van der Waals surface area contributed by atoms with Gasteiger partial charge in [-0.3, -0.25) is 0 Å². The number of aromatic carboxylic acids is 1. The highest BCUT2D eigenvalue weighted by molar-refractivity contribution is 5.87. The minimum Gasteiger partial charge on any atom is -0.488 e. The van der Waals surface area contributed by atoms with Gasteiger partial charge in [-0.25, -0.2) is 4.79 Å². The topological polar surface area (TPSA) is 55.8 Å². The van der Waals surface area contributed by atoms with Crippen LogP contribution in [-0.4, -0.2) is 30.4 Å². The van der Waals surface area contributed by atoms with Crippen LogP contribution in [0, 0.1) is 11.8 Å². The largest absolute Gasteiger partial charge is 0.488 e. The molecule has 4 nitrogen and oxygen atoms in total. The van der Waals surface area contributed by atoms with Crippen molar-refractivity contribution in [1.29, 1.82) is 0 Å². The predicted octanol–water partition coefficient (Wildman–Crippen LogP) is 4.86. The molecule has 3 rings (SSSR count). The first-order chi connectivity index (χ1) is 13.6. The van der Waals surface area contributed by atoms with E-state index in [9.17, 15) is 4.79 Å². The smallest absolute Gasteiger partial charge is 0.335 e. The number of carboxylic acids is 1. The van der Waals surface area contributed by atoms with Crippen molar-refractivity contribution in [2.45, 2.75) is 45.1 Å². The normalized spacial score (nSPS) is 18.2. The summed E-state index contributed by atoms with van der Waals surface area (Å²) >= 11 is 0. The van der Waals surface area contributed by atoms with Crippen molar-refractivity contribution in [1.82, 2.24) is 0 Å². The van der Waals surface area contributed by atoms with Crippen molar-refractivity contribution in [3.63, 3.8) is 0 Å². The van der Waals surface area contributed by atoms with Crippen LogP contribution < -0.4 is 4.74 Å². The van der Waals surface area contributed by atoms with Gasteiger partial charge in [0, 0.05) is 17.7 Å². The van der Waals surface area contributed by atoms with Gasteiger partial charge in [0.2, 0.25) is 0 Å². The Morgan fingerprint density at radius 3 is 2.57 bits per heavy atom. The zero-order valence-corrected chi connectivity index (χ0v) is 16.4. The van der Waals surface area contributed by atoms with E-state index in [2.05, 4.69) is 31.8 Å². The van der Waals surface area contributed by atoms with Gasteiger partial charge >= 0.3 is 5.97 Å². The second-order valence-corrected chi connectivity index (χ2v) is 7.18. The van der Waals surface area contributed by atoms with E-state index in [0.717, 1.165) is 42.7 Å². The molecule has 4 heteroatoms. The molecule has 0 aliphatic carbocycles. The fourth-order valence-electron chi connectivity index (χ4n) is 3.27. The molecule has 0 saturated carbocycles. The molecular formula is C24H26O4. The van der Waals surface area contributed by atoms with Crippen LogP contribution in [0.25, 0.3) is 0 Å². The molecule has 1 heterocycles. The van der Waals surface area contributed by atoms with Gasteiger partial charge in [0.15, 0.2) is 0 Å². The highest BCUT2D eigenvalue weighted by Gasteiger charge is 2.22. The van der Waals surface area contributed by atoms with Crippen LogP contribution in [0.15, 0.2) is 42.5 Å². The summed E-state index contributed by atoms with van der Waals surface area (Å²) in [6.07, 6.45) is 3.14. The van der Waals surface area contributed by atoms with Crippen LogP contribution in [0.3, 0.4) is 0 Å². The maximum Gasteiger partial charge on any atom is 0.335 e. The average molecular weight is 378 g/mol. The summed E-state index contributed by atoms with van der Waals surface area (Å²) in [7, 11) is 0. The lowest BCUT2D eigenvalue weighted by Gasteiger charge is -2.17. The van der Waals surface area contributed by atoms with Crippen molar-refractivity contribution in [3.8, 4) is 17.6 Å². The highest BCUT2D eigenvalue weighted by atomic mass is 16.5. The van der Waals surface area contributed by atoms with Crippen molar-refractivity contribution in [2.75, 3.05) is 13.2 Å². The Bertz CT molecular complexity index is 874. The van der Waals surface area contributed by atoms with Gasteiger partial charge in [-0.05, 0) is 67.1 Å². The first-order valence-electron chi connectivity index (χ1n) is 9.80. The van der Waals surface area contributed by atoms with Crippen LogP contribution in [-0.2, 0) is 4.74 Å². The molecule has 2 unspecified atom stereocenters. The maximum atomic E-state index is 10.9. The fraction of sp³-hybridized carbons (Fsp3) is 0.375. The zero-order chi connectivity index (χ0) is 19.9. The zero-order valence-electron chi connectivity index (χ0n) is 16.4. The van der Waals surface area contributed by atoms with E-state index in [1.165, 1.54) is 5.56 Å². The molecule has 2 atom stereocenters. The van der Waals surface area contributed by atoms with E-state index in [0.29, 0.717) is 12.5 Å². The Labute approximate surface area is 166 Å². The van der Waals surface area contributed by atoms with Gasteiger partial charge in [-0.1, -0.05) is 31.8 Å². The number of hydrogen-bond donors (Lipinski definition) is 1. The first-order valence-corrected chi connectivity index (χ1v) is 9.80. The van der Waals surface area contributed by atoms with E-state index in [1.54, 1.807) is 24.3 Å². The molecule has 146 valence electrons. The molecule has 0 radical (unpaired) electrons. The van der Waals surface area contributed by atoms with Gasteiger partial charge in [-0.2, -0.15) is 0 Å². The molecule has 2 aromatic rings. The molecule has 0 aromatic heterocycles.